The molecular weight excluding hydrogens is 222 g/mol. The number of hydrogen-bond donors (Lipinski definition) is 0. The lowest BCUT2D eigenvalue weighted by molar-refractivity contribution is 0.0161. The summed E-state index contributed by atoms with van der Waals surface area (Å²) in [5.74, 6) is 0. The van der Waals surface area contributed by atoms with Crippen molar-refractivity contribution in [1.82, 2.24) is 4.57 Å². The summed E-state index contributed by atoms with van der Waals surface area (Å²) in [6, 6.07) is 14.6. The number of benzene rings is 1. The summed E-state index contributed by atoms with van der Waals surface area (Å²) in [5.41, 5.74) is 2.44. The quantitative estimate of drug-likeness (QED) is 0.682. The van der Waals surface area contributed by atoms with E-state index in [9.17, 15) is 0 Å². The predicted octanol–water partition coefficient (Wildman–Crippen LogP) is 4.49. The van der Waals surface area contributed by atoms with Crippen LogP contribution in [0.1, 0.15) is 32.9 Å². The van der Waals surface area contributed by atoms with Crippen molar-refractivity contribution in [3.05, 3.63) is 48.7 Å². The van der Waals surface area contributed by atoms with Gasteiger partial charge in [-0.15, -0.1) is 0 Å². The smallest absolute Gasteiger partial charge is 0.131 e. The molecule has 1 aromatic heterocycles. The molecule has 0 aliphatic rings. The Kier molecular flexibility index (Phi) is 4.59. The zero-order chi connectivity index (χ0) is 12.8. The molecule has 1 aromatic carbocycles. The van der Waals surface area contributed by atoms with Crippen LogP contribution in [0.4, 0.5) is 0 Å². The molecule has 0 aliphatic heterocycles. The Balaban J connectivity index is 2.12. The van der Waals surface area contributed by atoms with Crippen LogP contribution in [0.5, 0.6) is 0 Å². The van der Waals surface area contributed by atoms with Crippen molar-refractivity contribution in [2.24, 2.45) is 0 Å². The Morgan fingerprint density at radius 3 is 2.61 bits per heavy atom. The number of ether oxygens (including phenoxy) is 1. The molecule has 0 fully saturated rings. The molecule has 0 amide bonds. The summed E-state index contributed by atoms with van der Waals surface area (Å²) in [6.07, 6.45) is 4.46. The summed E-state index contributed by atoms with van der Waals surface area (Å²) in [4.78, 5) is 0. The van der Waals surface area contributed by atoms with E-state index in [1.165, 1.54) is 17.7 Å². The fraction of sp³-hybridized carbons (Fsp3) is 0.375. The Hall–Kier alpha value is -1.54. The minimum absolute atomic E-state index is 0.0850. The second kappa shape index (κ2) is 6.41. The van der Waals surface area contributed by atoms with Gasteiger partial charge in [-0.2, -0.15) is 0 Å². The SMILES string of the molecule is CCCCOC(C)n1cccc1-c1ccccc1. The normalized spacial score (nSPS) is 12.6. The highest BCUT2D eigenvalue weighted by atomic mass is 16.5. The minimum Gasteiger partial charge on any atom is -0.358 e. The number of unbranched alkanes of at least 4 members (excludes halogenated alkanes) is 1. The molecular formula is C16H21NO. The predicted molar refractivity (Wildman–Crippen MR) is 75.4 cm³/mol. The zero-order valence-electron chi connectivity index (χ0n) is 11.2. The molecule has 2 heteroatoms. The zero-order valence-corrected chi connectivity index (χ0v) is 11.2. The molecule has 0 saturated carbocycles. The molecule has 0 bridgehead atoms. The summed E-state index contributed by atoms with van der Waals surface area (Å²) >= 11 is 0. The first-order valence-corrected chi connectivity index (χ1v) is 6.66. The average Bonchev–Trinajstić information content (AvgIpc) is 2.89. The van der Waals surface area contributed by atoms with Crippen LogP contribution in [0.3, 0.4) is 0 Å². The first-order chi connectivity index (χ1) is 8.83. The second-order valence-corrected chi connectivity index (χ2v) is 4.49. The third-order valence-corrected chi connectivity index (χ3v) is 3.10. The van der Waals surface area contributed by atoms with Gasteiger partial charge in [0.25, 0.3) is 0 Å². The van der Waals surface area contributed by atoms with Crippen molar-refractivity contribution >= 4 is 0 Å². The third kappa shape index (κ3) is 3.02. The largest absolute Gasteiger partial charge is 0.358 e. The van der Waals surface area contributed by atoms with Crippen LogP contribution in [-0.2, 0) is 4.74 Å². The summed E-state index contributed by atoms with van der Waals surface area (Å²) < 4.78 is 8.04. The number of aromatic nitrogens is 1. The van der Waals surface area contributed by atoms with Gasteiger partial charge in [-0.1, -0.05) is 43.7 Å². The number of hydrogen-bond acceptors (Lipinski definition) is 1. The van der Waals surface area contributed by atoms with Crippen LogP contribution in [0, 0.1) is 0 Å². The highest BCUT2D eigenvalue weighted by Crippen LogP contribution is 2.23. The van der Waals surface area contributed by atoms with Crippen LogP contribution in [0.2, 0.25) is 0 Å². The molecule has 1 heterocycles. The molecule has 0 aliphatic carbocycles. The van der Waals surface area contributed by atoms with Crippen LogP contribution in [0.15, 0.2) is 48.7 Å². The van der Waals surface area contributed by atoms with Gasteiger partial charge in [-0.25, -0.2) is 0 Å². The fourth-order valence-corrected chi connectivity index (χ4v) is 2.04. The fourth-order valence-electron chi connectivity index (χ4n) is 2.04. The molecule has 2 rings (SSSR count). The van der Waals surface area contributed by atoms with Crippen LogP contribution < -0.4 is 0 Å². The van der Waals surface area contributed by atoms with E-state index in [1.807, 2.05) is 6.07 Å². The lowest BCUT2D eigenvalue weighted by Gasteiger charge is -2.18. The second-order valence-electron chi connectivity index (χ2n) is 4.49. The minimum atomic E-state index is 0.0850. The van der Waals surface area contributed by atoms with Gasteiger partial charge in [-0.3, -0.25) is 0 Å². The van der Waals surface area contributed by atoms with Gasteiger partial charge in [0.1, 0.15) is 6.23 Å². The van der Waals surface area contributed by atoms with Crippen molar-refractivity contribution in [1.29, 1.82) is 0 Å². The molecule has 1 atom stereocenters. The number of nitrogens with zero attached hydrogens (tertiary/aromatic N) is 1. The van der Waals surface area contributed by atoms with E-state index >= 15 is 0 Å². The van der Waals surface area contributed by atoms with E-state index in [-0.39, 0.29) is 6.23 Å². The number of rotatable bonds is 6. The molecule has 0 N–H and O–H groups in total. The molecule has 1 unspecified atom stereocenters. The standard InChI is InChI=1S/C16H21NO/c1-3-4-13-18-14(2)17-12-8-11-16(17)15-9-6-5-7-10-15/h5-12,14H,3-4,13H2,1-2H3. The first kappa shape index (κ1) is 12.9. The highest BCUT2D eigenvalue weighted by Gasteiger charge is 2.09. The molecule has 0 spiro atoms. The van der Waals surface area contributed by atoms with Crippen LogP contribution in [0.25, 0.3) is 11.3 Å². The van der Waals surface area contributed by atoms with Gasteiger partial charge in [0.15, 0.2) is 0 Å². The van der Waals surface area contributed by atoms with Crippen LogP contribution in [-0.4, -0.2) is 11.2 Å². The van der Waals surface area contributed by atoms with Crippen molar-refractivity contribution < 1.29 is 4.74 Å². The maximum absolute atomic E-state index is 5.85. The first-order valence-electron chi connectivity index (χ1n) is 6.66. The lowest BCUT2D eigenvalue weighted by atomic mass is 10.1. The van der Waals surface area contributed by atoms with Gasteiger partial charge in [0, 0.05) is 12.8 Å². The van der Waals surface area contributed by atoms with Gasteiger partial charge >= 0.3 is 0 Å². The van der Waals surface area contributed by atoms with E-state index in [1.54, 1.807) is 0 Å². The molecule has 0 radical (unpaired) electrons. The summed E-state index contributed by atoms with van der Waals surface area (Å²) in [6.45, 7) is 5.10. The van der Waals surface area contributed by atoms with E-state index in [4.69, 9.17) is 4.74 Å². The third-order valence-electron chi connectivity index (χ3n) is 3.10. The van der Waals surface area contributed by atoms with E-state index in [0.29, 0.717) is 0 Å². The van der Waals surface area contributed by atoms with E-state index in [2.05, 4.69) is 61.0 Å². The maximum atomic E-state index is 5.85. The summed E-state index contributed by atoms with van der Waals surface area (Å²) in [7, 11) is 0. The Labute approximate surface area is 109 Å². The van der Waals surface area contributed by atoms with Gasteiger partial charge in [-0.05, 0) is 31.0 Å². The Bertz CT molecular complexity index is 461. The lowest BCUT2D eigenvalue weighted by Crippen LogP contribution is -2.10. The molecule has 0 saturated heterocycles. The van der Waals surface area contributed by atoms with Gasteiger partial charge < -0.3 is 9.30 Å². The Morgan fingerprint density at radius 2 is 1.89 bits per heavy atom. The topological polar surface area (TPSA) is 14.2 Å². The van der Waals surface area contributed by atoms with Crippen molar-refractivity contribution in [2.45, 2.75) is 32.9 Å². The van der Waals surface area contributed by atoms with Gasteiger partial charge in [0.2, 0.25) is 0 Å². The van der Waals surface area contributed by atoms with Crippen molar-refractivity contribution in [2.75, 3.05) is 6.61 Å². The molecule has 96 valence electrons. The van der Waals surface area contributed by atoms with E-state index < -0.39 is 0 Å². The van der Waals surface area contributed by atoms with Crippen molar-refractivity contribution in [3.63, 3.8) is 0 Å². The monoisotopic (exact) mass is 243 g/mol. The highest BCUT2D eigenvalue weighted by molar-refractivity contribution is 5.59. The van der Waals surface area contributed by atoms with Crippen LogP contribution >= 0.6 is 0 Å². The molecule has 18 heavy (non-hydrogen) atoms. The Morgan fingerprint density at radius 1 is 1.11 bits per heavy atom. The van der Waals surface area contributed by atoms with Gasteiger partial charge in [0.05, 0.1) is 5.69 Å². The van der Waals surface area contributed by atoms with E-state index in [0.717, 1.165) is 13.0 Å². The average molecular weight is 243 g/mol. The summed E-state index contributed by atoms with van der Waals surface area (Å²) in [5, 5.41) is 0. The molecule has 2 aromatic rings. The van der Waals surface area contributed by atoms with Crippen molar-refractivity contribution in [3.8, 4) is 11.3 Å². The maximum Gasteiger partial charge on any atom is 0.131 e. The molecule has 2 nitrogen and oxygen atoms in total.